The third-order valence-electron chi connectivity index (χ3n) is 3.55. The van der Waals surface area contributed by atoms with Crippen LogP contribution in [0.5, 0.6) is 0 Å². The smallest absolute Gasteiger partial charge is 0.0594 e. The van der Waals surface area contributed by atoms with Crippen molar-refractivity contribution in [3.8, 4) is 0 Å². The van der Waals surface area contributed by atoms with E-state index in [0.717, 1.165) is 5.92 Å². The van der Waals surface area contributed by atoms with E-state index >= 15 is 0 Å². The lowest BCUT2D eigenvalue weighted by molar-refractivity contribution is 0.0546. The molecule has 0 spiro atoms. The van der Waals surface area contributed by atoms with Gasteiger partial charge in [-0.1, -0.05) is 33.6 Å². The van der Waals surface area contributed by atoms with E-state index < -0.39 is 0 Å². The molecule has 0 heterocycles. The van der Waals surface area contributed by atoms with Crippen LogP contribution in [0.25, 0.3) is 0 Å². The molecule has 1 fully saturated rings. The van der Waals surface area contributed by atoms with Crippen LogP contribution in [-0.2, 0) is 0 Å². The van der Waals surface area contributed by atoms with Crippen molar-refractivity contribution in [1.29, 1.82) is 0 Å². The largest absolute Gasteiger partial charge is 0.393 e. The minimum atomic E-state index is -0.0371. The lowest BCUT2D eigenvalue weighted by Gasteiger charge is -2.24. The molecule has 4 unspecified atom stereocenters. The molecule has 0 amide bonds. The van der Waals surface area contributed by atoms with Crippen molar-refractivity contribution in [3.63, 3.8) is 0 Å². The third-order valence-corrected chi connectivity index (χ3v) is 3.55. The zero-order valence-corrected chi connectivity index (χ0v) is 9.29. The van der Waals surface area contributed by atoms with Gasteiger partial charge in [-0.2, -0.15) is 0 Å². The highest BCUT2D eigenvalue weighted by atomic mass is 16.3. The molecule has 1 rings (SSSR count). The molecular weight excluding hydrogens is 160 g/mol. The summed E-state index contributed by atoms with van der Waals surface area (Å²) in [6.45, 7) is 6.69. The van der Waals surface area contributed by atoms with Gasteiger partial charge < -0.3 is 5.11 Å². The SMILES string of the molecule is CCCC(C)C(O)C1CCC(C)C1. The summed E-state index contributed by atoms with van der Waals surface area (Å²) in [5, 5.41) is 10.1. The summed E-state index contributed by atoms with van der Waals surface area (Å²) >= 11 is 0. The molecule has 0 radical (unpaired) electrons. The van der Waals surface area contributed by atoms with Gasteiger partial charge >= 0.3 is 0 Å². The number of hydrogen-bond acceptors (Lipinski definition) is 1. The van der Waals surface area contributed by atoms with Crippen LogP contribution in [0, 0.1) is 17.8 Å². The molecule has 0 aromatic heterocycles. The van der Waals surface area contributed by atoms with E-state index in [1.54, 1.807) is 0 Å². The van der Waals surface area contributed by atoms with E-state index in [2.05, 4.69) is 20.8 Å². The average Bonchev–Trinajstić information content (AvgIpc) is 2.51. The highest BCUT2D eigenvalue weighted by molar-refractivity contribution is 4.81. The minimum absolute atomic E-state index is 0.0371. The van der Waals surface area contributed by atoms with Crippen molar-refractivity contribution in [2.75, 3.05) is 0 Å². The van der Waals surface area contributed by atoms with E-state index in [-0.39, 0.29) is 6.10 Å². The normalized spacial score (nSPS) is 33.2. The van der Waals surface area contributed by atoms with Crippen LogP contribution in [0.1, 0.15) is 52.9 Å². The average molecular weight is 184 g/mol. The van der Waals surface area contributed by atoms with Gasteiger partial charge in [-0.3, -0.25) is 0 Å². The molecule has 0 aromatic carbocycles. The summed E-state index contributed by atoms with van der Waals surface area (Å²) in [6, 6.07) is 0. The van der Waals surface area contributed by atoms with Gasteiger partial charge in [-0.15, -0.1) is 0 Å². The molecule has 13 heavy (non-hydrogen) atoms. The van der Waals surface area contributed by atoms with Crippen molar-refractivity contribution in [3.05, 3.63) is 0 Å². The minimum Gasteiger partial charge on any atom is -0.393 e. The topological polar surface area (TPSA) is 20.2 Å². The third kappa shape index (κ3) is 2.98. The predicted molar refractivity (Wildman–Crippen MR) is 56.6 cm³/mol. The van der Waals surface area contributed by atoms with Crippen LogP contribution in [0.4, 0.5) is 0 Å². The Morgan fingerprint density at radius 1 is 1.38 bits per heavy atom. The van der Waals surface area contributed by atoms with Crippen LogP contribution in [-0.4, -0.2) is 11.2 Å². The monoisotopic (exact) mass is 184 g/mol. The summed E-state index contributed by atoms with van der Waals surface area (Å²) in [7, 11) is 0. The molecule has 1 nitrogen and oxygen atoms in total. The zero-order valence-electron chi connectivity index (χ0n) is 9.29. The zero-order chi connectivity index (χ0) is 9.84. The van der Waals surface area contributed by atoms with Gasteiger partial charge in [-0.25, -0.2) is 0 Å². The maximum atomic E-state index is 10.1. The molecule has 0 aliphatic heterocycles. The fourth-order valence-electron chi connectivity index (χ4n) is 2.65. The molecule has 0 saturated heterocycles. The van der Waals surface area contributed by atoms with Gasteiger partial charge in [0.25, 0.3) is 0 Å². The van der Waals surface area contributed by atoms with E-state index in [1.807, 2.05) is 0 Å². The Hall–Kier alpha value is -0.0400. The summed E-state index contributed by atoms with van der Waals surface area (Å²) < 4.78 is 0. The molecule has 4 atom stereocenters. The first-order chi connectivity index (χ1) is 6.15. The maximum Gasteiger partial charge on any atom is 0.0594 e. The summed E-state index contributed by atoms with van der Waals surface area (Å²) in [4.78, 5) is 0. The lowest BCUT2D eigenvalue weighted by Crippen LogP contribution is -2.25. The molecule has 1 N–H and O–H groups in total. The van der Waals surface area contributed by atoms with Gasteiger partial charge in [-0.05, 0) is 37.0 Å². The van der Waals surface area contributed by atoms with Crippen molar-refractivity contribution < 1.29 is 5.11 Å². The number of rotatable bonds is 4. The summed E-state index contributed by atoms with van der Waals surface area (Å²) in [5.41, 5.74) is 0. The van der Waals surface area contributed by atoms with E-state index in [9.17, 15) is 5.11 Å². The van der Waals surface area contributed by atoms with Gasteiger partial charge in [0.2, 0.25) is 0 Å². The molecule has 1 aliphatic rings. The Labute approximate surface area is 82.5 Å². The first-order valence-corrected chi connectivity index (χ1v) is 5.83. The predicted octanol–water partition coefficient (Wildman–Crippen LogP) is 3.22. The Morgan fingerprint density at radius 2 is 2.08 bits per heavy atom. The summed E-state index contributed by atoms with van der Waals surface area (Å²) in [5.74, 6) is 1.94. The Balaban J connectivity index is 2.33. The standard InChI is InChI=1S/C12H24O/c1-4-5-10(3)12(13)11-7-6-9(2)8-11/h9-13H,4-8H2,1-3H3. The molecular formula is C12H24O. The van der Waals surface area contributed by atoms with Crippen molar-refractivity contribution in [2.45, 2.75) is 59.0 Å². The Bertz CT molecular complexity index is 144. The van der Waals surface area contributed by atoms with Gasteiger partial charge in [0.05, 0.1) is 6.10 Å². The maximum absolute atomic E-state index is 10.1. The highest BCUT2D eigenvalue weighted by Gasteiger charge is 2.30. The Kier molecular flexibility index (Phi) is 4.24. The molecule has 0 bridgehead atoms. The van der Waals surface area contributed by atoms with Crippen LogP contribution < -0.4 is 0 Å². The number of aliphatic hydroxyl groups is 1. The van der Waals surface area contributed by atoms with Crippen LogP contribution in [0.15, 0.2) is 0 Å². The fourth-order valence-corrected chi connectivity index (χ4v) is 2.65. The van der Waals surface area contributed by atoms with E-state index in [4.69, 9.17) is 0 Å². The number of aliphatic hydroxyl groups excluding tert-OH is 1. The van der Waals surface area contributed by atoms with Crippen LogP contribution >= 0.6 is 0 Å². The second kappa shape index (κ2) is 4.99. The van der Waals surface area contributed by atoms with E-state index in [1.165, 1.54) is 32.1 Å². The highest BCUT2D eigenvalue weighted by Crippen LogP contribution is 2.35. The Morgan fingerprint density at radius 3 is 2.54 bits per heavy atom. The van der Waals surface area contributed by atoms with Crippen molar-refractivity contribution in [2.24, 2.45) is 17.8 Å². The first kappa shape index (κ1) is 11.0. The molecule has 1 heteroatoms. The quantitative estimate of drug-likeness (QED) is 0.711. The van der Waals surface area contributed by atoms with Crippen molar-refractivity contribution in [1.82, 2.24) is 0 Å². The molecule has 1 aliphatic carbocycles. The second-order valence-corrected chi connectivity index (χ2v) is 4.93. The van der Waals surface area contributed by atoms with Crippen LogP contribution in [0.3, 0.4) is 0 Å². The van der Waals surface area contributed by atoms with Gasteiger partial charge in [0.15, 0.2) is 0 Å². The molecule has 78 valence electrons. The van der Waals surface area contributed by atoms with E-state index in [0.29, 0.717) is 11.8 Å². The lowest BCUT2D eigenvalue weighted by atomic mass is 9.88. The van der Waals surface area contributed by atoms with Gasteiger partial charge in [0.1, 0.15) is 0 Å². The molecule has 0 aromatic rings. The molecule has 1 saturated carbocycles. The first-order valence-electron chi connectivity index (χ1n) is 5.83. The van der Waals surface area contributed by atoms with Crippen LogP contribution in [0.2, 0.25) is 0 Å². The van der Waals surface area contributed by atoms with Gasteiger partial charge in [0, 0.05) is 0 Å². The fraction of sp³-hybridized carbons (Fsp3) is 1.00. The summed E-state index contributed by atoms with van der Waals surface area (Å²) in [6.07, 6.45) is 6.14. The van der Waals surface area contributed by atoms with Crippen molar-refractivity contribution >= 4 is 0 Å². The number of hydrogen-bond donors (Lipinski definition) is 1. The second-order valence-electron chi connectivity index (χ2n) is 4.93.